The summed E-state index contributed by atoms with van der Waals surface area (Å²) in [5.41, 5.74) is -1.65. The van der Waals surface area contributed by atoms with Gasteiger partial charge in [0.25, 0.3) is 5.56 Å². The number of aromatic hydroxyl groups is 1. The van der Waals surface area contributed by atoms with Crippen molar-refractivity contribution in [3.05, 3.63) is 51.3 Å². The van der Waals surface area contributed by atoms with Crippen molar-refractivity contribution < 1.29 is 19.6 Å². The number of fused-ring (bicyclic) bond motifs is 1. The van der Waals surface area contributed by atoms with E-state index in [1.54, 1.807) is 4.90 Å². The molecule has 13 nitrogen and oxygen atoms in total. The van der Waals surface area contributed by atoms with E-state index in [1.807, 2.05) is 25.7 Å². The molecule has 34 heavy (non-hydrogen) atoms. The van der Waals surface area contributed by atoms with Crippen LogP contribution in [0.4, 0.5) is 16.4 Å². The number of nitro groups is 1. The first-order valence-electron chi connectivity index (χ1n) is 10.5. The molecule has 1 aliphatic rings. The number of aromatic nitrogens is 4. The molecule has 0 unspecified atom stereocenters. The molecule has 0 radical (unpaired) electrons. The summed E-state index contributed by atoms with van der Waals surface area (Å²) in [6, 6.07) is 2.46. The monoisotopic (exact) mass is 469 g/mol. The Morgan fingerprint density at radius 1 is 1.12 bits per heavy atom. The Bertz CT molecular complexity index is 1310. The van der Waals surface area contributed by atoms with Crippen LogP contribution in [0.3, 0.4) is 0 Å². The zero-order valence-corrected chi connectivity index (χ0v) is 18.8. The van der Waals surface area contributed by atoms with Gasteiger partial charge in [0.15, 0.2) is 5.75 Å². The van der Waals surface area contributed by atoms with Gasteiger partial charge in [0, 0.05) is 26.2 Å². The summed E-state index contributed by atoms with van der Waals surface area (Å²) >= 11 is 0. The second kappa shape index (κ2) is 8.57. The van der Waals surface area contributed by atoms with E-state index in [-0.39, 0.29) is 22.7 Å². The average molecular weight is 469 g/mol. The van der Waals surface area contributed by atoms with Crippen molar-refractivity contribution in [1.29, 1.82) is 0 Å². The van der Waals surface area contributed by atoms with E-state index >= 15 is 0 Å². The third-order valence-corrected chi connectivity index (χ3v) is 5.18. The summed E-state index contributed by atoms with van der Waals surface area (Å²) in [7, 11) is 0. The maximum Gasteiger partial charge on any atom is 0.410 e. The fourth-order valence-corrected chi connectivity index (χ4v) is 3.57. The van der Waals surface area contributed by atoms with Gasteiger partial charge in [0.1, 0.15) is 17.3 Å². The topological polar surface area (TPSA) is 157 Å². The first-order valence-corrected chi connectivity index (χ1v) is 10.5. The first-order chi connectivity index (χ1) is 16.0. The van der Waals surface area contributed by atoms with Gasteiger partial charge in [-0.1, -0.05) is 0 Å². The number of carbonyl (C=O) groups is 1. The second-order valence-corrected chi connectivity index (χ2v) is 8.70. The highest BCUT2D eigenvalue weighted by atomic mass is 16.6. The molecule has 4 rings (SSSR count). The Hall–Kier alpha value is -4.29. The molecule has 1 amide bonds. The molecule has 1 aromatic carbocycles. The van der Waals surface area contributed by atoms with Crippen LogP contribution in [0.2, 0.25) is 0 Å². The van der Waals surface area contributed by atoms with Crippen LogP contribution < -0.4 is 10.5 Å². The third-order valence-electron chi connectivity index (χ3n) is 5.18. The number of phenolic OH excluding ortho intramolecular Hbond substituents is 1. The minimum Gasteiger partial charge on any atom is -0.502 e. The molecule has 0 saturated carbocycles. The van der Waals surface area contributed by atoms with Gasteiger partial charge in [0.05, 0.1) is 28.5 Å². The summed E-state index contributed by atoms with van der Waals surface area (Å²) in [6.07, 6.45) is 3.67. The van der Waals surface area contributed by atoms with Crippen molar-refractivity contribution in [2.75, 3.05) is 31.1 Å². The van der Waals surface area contributed by atoms with Gasteiger partial charge in [-0.2, -0.15) is 0 Å². The summed E-state index contributed by atoms with van der Waals surface area (Å²) < 4.78 is 6.48. The van der Waals surface area contributed by atoms with Gasteiger partial charge in [-0.3, -0.25) is 19.5 Å². The number of nitro benzene ring substituents is 1. The Morgan fingerprint density at radius 2 is 1.76 bits per heavy atom. The molecule has 0 bridgehead atoms. The molecular formula is C21H23N7O6. The largest absolute Gasteiger partial charge is 0.502 e. The number of ether oxygens (including phenoxy) is 1. The standard InChI is InChI=1S/C21H23N7O6/c1-21(2,3)34-20(31)26-8-6-25(7-9-26)19-22-10-13(11-23-19)27-12-24-14-4-5-15(29)17(28(32)33)16(14)18(27)30/h4-5,10-12,29H,6-9H2,1-3H3. The number of anilines is 1. The third kappa shape index (κ3) is 4.44. The van der Waals surface area contributed by atoms with Gasteiger partial charge in [-0.25, -0.2) is 19.7 Å². The van der Waals surface area contributed by atoms with Gasteiger partial charge >= 0.3 is 11.8 Å². The van der Waals surface area contributed by atoms with Crippen molar-refractivity contribution in [2.24, 2.45) is 0 Å². The number of hydrogen-bond donors (Lipinski definition) is 1. The van der Waals surface area contributed by atoms with E-state index < -0.39 is 27.5 Å². The molecule has 3 heterocycles. The molecule has 13 heteroatoms. The number of benzene rings is 1. The molecule has 2 aromatic heterocycles. The minimum absolute atomic E-state index is 0.0890. The highest BCUT2D eigenvalue weighted by Gasteiger charge is 2.27. The fraction of sp³-hybridized carbons (Fsp3) is 0.381. The van der Waals surface area contributed by atoms with Gasteiger partial charge in [0.2, 0.25) is 5.95 Å². The molecular weight excluding hydrogens is 446 g/mol. The van der Waals surface area contributed by atoms with Crippen LogP contribution in [0.1, 0.15) is 20.8 Å². The van der Waals surface area contributed by atoms with E-state index in [9.17, 15) is 24.8 Å². The van der Waals surface area contributed by atoms with Crippen molar-refractivity contribution in [3.8, 4) is 11.4 Å². The summed E-state index contributed by atoms with van der Waals surface area (Å²) in [6.45, 7) is 7.33. The number of piperazine rings is 1. The fourth-order valence-electron chi connectivity index (χ4n) is 3.57. The van der Waals surface area contributed by atoms with Gasteiger partial charge in [-0.05, 0) is 32.9 Å². The molecule has 0 spiro atoms. The van der Waals surface area contributed by atoms with E-state index in [0.29, 0.717) is 32.1 Å². The zero-order chi connectivity index (χ0) is 24.6. The van der Waals surface area contributed by atoms with Crippen molar-refractivity contribution in [1.82, 2.24) is 24.4 Å². The van der Waals surface area contributed by atoms with Gasteiger partial charge < -0.3 is 19.6 Å². The Labute approximate surface area is 193 Å². The van der Waals surface area contributed by atoms with Crippen molar-refractivity contribution in [2.45, 2.75) is 26.4 Å². The van der Waals surface area contributed by atoms with Gasteiger partial charge in [-0.15, -0.1) is 0 Å². The SMILES string of the molecule is CC(C)(C)OC(=O)N1CCN(c2ncc(-n3cnc4ccc(O)c([N+](=O)[O-])c4c3=O)cn2)CC1. The Balaban J connectivity index is 1.54. The lowest BCUT2D eigenvalue weighted by Gasteiger charge is -2.35. The number of rotatable bonds is 3. The molecule has 3 aromatic rings. The average Bonchev–Trinajstić information content (AvgIpc) is 2.78. The molecule has 0 aliphatic carbocycles. The second-order valence-electron chi connectivity index (χ2n) is 8.70. The van der Waals surface area contributed by atoms with Crippen LogP contribution in [-0.2, 0) is 4.74 Å². The van der Waals surface area contributed by atoms with Crippen molar-refractivity contribution >= 4 is 28.6 Å². The van der Waals surface area contributed by atoms with Crippen LogP contribution in [0.25, 0.3) is 16.6 Å². The maximum absolute atomic E-state index is 13.0. The van der Waals surface area contributed by atoms with E-state index in [4.69, 9.17) is 4.74 Å². The normalized spacial score (nSPS) is 14.3. The van der Waals surface area contributed by atoms with E-state index in [0.717, 1.165) is 10.6 Å². The number of nitrogens with zero attached hydrogens (tertiary/aromatic N) is 7. The van der Waals surface area contributed by atoms with Crippen LogP contribution in [0.15, 0.2) is 35.6 Å². The predicted octanol–water partition coefficient (Wildman–Crippen LogP) is 1.85. The molecule has 178 valence electrons. The van der Waals surface area contributed by atoms with Crippen LogP contribution in [-0.4, -0.2) is 72.3 Å². The first kappa shape index (κ1) is 22.9. The van der Waals surface area contributed by atoms with Crippen molar-refractivity contribution in [3.63, 3.8) is 0 Å². The molecule has 0 atom stereocenters. The molecule has 1 fully saturated rings. The van der Waals surface area contributed by atoms with Crippen LogP contribution >= 0.6 is 0 Å². The van der Waals surface area contributed by atoms with Crippen LogP contribution in [0, 0.1) is 10.1 Å². The summed E-state index contributed by atoms with van der Waals surface area (Å²) in [4.78, 5) is 52.0. The predicted molar refractivity (Wildman–Crippen MR) is 121 cm³/mol. The number of phenols is 1. The molecule has 1 aliphatic heterocycles. The zero-order valence-electron chi connectivity index (χ0n) is 18.8. The number of amides is 1. The highest BCUT2D eigenvalue weighted by Crippen LogP contribution is 2.31. The smallest absolute Gasteiger partial charge is 0.410 e. The van der Waals surface area contributed by atoms with E-state index in [1.165, 1.54) is 24.8 Å². The maximum atomic E-state index is 13.0. The number of hydrogen-bond acceptors (Lipinski definition) is 10. The van der Waals surface area contributed by atoms with E-state index in [2.05, 4.69) is 15.0 Å². The lowest BCUT2D eigenvalue weighted by Crippen LogP contribution is -2.50. The molecule has 1 saturated heterocycles. The highest BCUT2D eigenvalue weighted by molar-refractivity contribution is 5.90. The Morgan fingerprint density at radius 3 is 2.35 bits per heavy atom. The minimum atomic E-state index is -0.818. The quantitative estimate of drug-likeness (QED) is 0.443. The summed E-state index contributed by atoms with van der Waals surface area (Å²) in [5.74, 6) is -0.204. The Kier molecular flexibility index (Phi) is 5.77. The lowest BCUT2D eigenvalue weighted by atomic mass is 10.2. The summed E-state index contributed by atoms with van der Waals surface area (Å²) in [5, 5.41) is 21.0. The van der Waals surface area contributed by atoms with Crippen LogP contribution in [0.5, 0.6) is 5.75 Å². The lowest BCUT2D eigenvalue weighted by molar-refractivity contribution is -0.384. The number of carbonyl (C=O) groups excluding carboxylic acids is 1. The molecule has 1 N–H and O–H groups in total.